The zero-order valence-electron chi connectivity index (χ0n) is 6.04. The third-order valence-electron chi connectivity index (χ3n) is 1.20. The fourth-order valence-electron chi connectivity index (χ4n) is 0.717. The zero-order valence-corrected chi connectivity index (χ0v) is 6.04. The third kappa shape index (κ3) is 1.69. The van der Waals surface area contributed by atoms with Gasteiger partial charge in [-0.2, -0.15) is 0 Å². The molecule has 0 unspecified atom stereocenters. The first-order valence-electron chi connectivity index (χ1n) is 3.39. The number of nitrogen functional groups attached to an aromatic ring is 1. The molecule has 3 heteroatoms. The zero-order chi connectivity index (χ0) is 7.40. The number of nitrogens with two attached hydrogens (primary N) is 1. The van der Waals surface area contributed by atoms with Crippen LogP contribution >= 0.6 is 0 Å². The van der Waals surface area contributed by atoms with E-state index in [9.17, 15) is 0 Å². The van der Waals surface area contributed by atoms with E-state index < -0.39 is 0 Å². The first-order valence-corrected chi connectivity index (χ1v) is 3.39. The summed E-state index contributed by atoms with van der Waals surface area (Å²) in [4.78, 5) is 8.06. The van der Waals surface area contributed by atoms with Crippen LogP contribution in [-0.4, -0.2) is 9.97 Å². The molecule has 0 spiro atoms. The van der Waals surface area contributed by atoms with Gasteiger partial charge in [-0.15, -0.1) is 0 Å². The quantitative estimate of drug-likeness (QED) is 0.661. The van der Waals surface area contributed by atoms with Gasteiger partial charge in [-0.3, -0.25) is 0 Å². The van der Waals surface area contributed by atoms with Gasteiger partial charge in [0.05, 0.1) is 18.1 Å². The van der Waals surface area contributed by atoms with Crippen LogP contribution in [0.25, 0.3) is 0 Å². The van der Waals surface area contributed by atoms with Crippen LogP contribution in [0.1, 0.15) is 19.2 Å². The van der Waals surface area contributed by atoms with Gasteiger partial charge in [0.15, 0.2) is 0 Å². The maximum Gasteiger partial charge on any atom is 0.128 e. The minimum Gasteiger partial charge on any atom is -0.396 e. The molecule has 54 valence electrons. The smallest absolute Gasteiger partial charge is 0.128 e. The number of anilines is 1. The maximum absolute atomic E-state index is 5.40. The van der Waals surface area contributed by atoms with Crippen LogP contribution in [0.5, 0.6) is 0 Å². The molecule has 0 aliphatic rings. The summed E-state index contributed by atoms with van der Waals surface area (Å²) in [6, 6.07) is 0. The summed E-state index contributed by atoms with van der Waals surface area (Å²) >= 11 is 0. The molecule has 1 aromatic rings. The Morgan fingerprint density at radius 3 is 2.50 bits per heavy atom. The lowest BCUT2D eigenvalue weighted by molar-refractivity contribution is 0.835. The van der Waals surface area contributed by atoms with Crippen molar-refractivity contribution in [1.82, 2.24) is 9.97 Å². The number of rotatable bonds is 2. The summed E-state index contributed by atoms with van der Waals surface area (Å²) in [5.74, 6) is 0.872. The predicted molar refractivity (Wildman–Crippen MR) is 40.4 cm³/mol. The first kappa shape index (κ1) is 6.99. The summed E-state index contributed by atoms with van der Waals surface area (Å²) in [7, 11) is 0. The molecule has 10 heavy (non-hydrogen) atoms. The van der Waals surface area contributed by atoms with E-state index in [-0.39, 0.29) is 0 Å². The Morgan fingerprint density at radius 2 is 2.00 bits per heavy atom. The molecule has 3 nitrogen and oxygen atoms in total. The molecule has 0 aliphatic carbocycles. The van der Waals surface area contributed by atoms with Crippen LogP contribution in [-0.2, 0) is 6.42 Å². The van der Waals surface area contributed by atoms with Crippen molar-refractivity contribution in [3.8, 4) is 0 Å². The molecule has 0 atom stereocenters. The highest BCUT2D eigenvalue weighted by Gasteiger charge is 1.91. The van der Waals surface area contributed by atoms with E-state index in [0.717, 1.165) is 18.7 Å². The fraction of sp³-hybridized carbons (Fsp3) is 0.429. The van der Waals surface area contributed by atoms with E-state index in [1.165, 1.54) is 0 Å². The van der Waals surface area contributed by atoms with Crippen molar-refractivity contribution in [2.45, 2.75) is 19.8 Å². The molecule has 0 aliphatic heterocycles. The lowest BCUT2D eigenvalue weighted by atomic mass is 10.3. The van der Waals surface area contributed by atoms with Crippen molar-refractivity contribution in [1.29, 1.82) is 0 Å². The van der Waals surface area contributed by atoms with Crippen LogP contribution in [0, 0.1) is 0 Å². The van der Waals surface area contributed by atoms with Gasteiger partial charge in [0.25, 0.3) is 0 Å². The molecule has 0 bridgehead atoms. The summed E-state index contributed by atoms with van der Waals surface area (Å²) in [5, 5.41) is 0. The number of aryl methyl sites for hydroxylation is 1. The number of aromatic nitrogens is 2. The Bertz CT molecular complexity index is 193. The lowest BCUT2D eigenvalue weighted by Crippen LogP contribution is -1.95. The molecule has 0 saturated heterocycles. The minimum absolute atomic E-state index is 0.625. The Morgan fingerprint density at radius 1 is 1.40 bits per heavy atom. The highest BCUT2D eigenvalue weighted by molar-refractivity contribution is 5.29. The Kier molecular flexibility index (Phi) is 2.20. The van der Waals surface area contributed by atoms with E-state index in [1.807, 2.05) is 0 Å². The monoisotopic (exact) mass is 137 g/mol. The number of nitrogens with zero attached hydrogens (tertiary/aromatic N) is 2. The highest BCUT2D eigenvalue weighted by Crippen LogP contribution is 1.97. The second kappa shape index (κ2) is 3.15. The van der Waals surface area contributed by atoms with Gasteiger partial charge in [-0.05, 0) is 6.42 Å². The maximum atomic E-state index is 5.40. The summed E-state index contributed by atoms with van der Waals surface area (Å²) < 4.78 is 0. The highest BCUT2D eigenvalue weighted by atomic mass is 14.9. The van der Waals surface area contributed by atoms with Crippen molar-refractivity contribution in [3.63, 3.8) is 0 Å². The van der Waals surface area contributed by atoms with Crippen LogP contribution in [0.2, 0.25) is 0 Å². The Balaban J connectivity index is 2.69. The number of hydrogen-bond donors (Lipinski definition) is 1. The molecule has 0 amide bonds. The molecule has 0 fully saturated rings. The van der Waals surface area contributed by atoms with E-state index in [1.54, 1.807) is 12.4 Å². The second-order valence-electron chi connectivity index (χ2n) is 2.18. The second-order valence-corrected chi connectivity index (χ2v) is 2.18. The van der Waals surface area contributed by atoms with Gasteiger partial charge in [0, 0.05) is 6.42 Å². The van der Waals surface area contributed by atoms with Gasteiger partial charge in [0.1, 0.15) is 5.82 Å². The van der Waals surface area contributed by atoms with Gasteiger partial charge < -0.3 is 5.73 Å². The van der Waals surface area contributed by atoms with Gasteiger partial charge >= 0.3 is 0 Å². The van der Waals surface area contributed by atoms with Gasteiger partial charge in [-0.25, -0.2) is 9.97 Å². The molecule has 0 radical (unpaired) electrons. The molecule has 1 heterocycles. The number of hydrogen-bond acceptors (Lipinski definition) is 3. The van der Waals surface area contributed by atoms with E-state index >= 15 is 0 Å². The molecule has 1 rings (SSSR count). The minimum atomic E-state index is 0.625. The lowest BCUT2D eigenvalue weighted by Gasteiger charge is -1.95. The normalized spacial score (nSPS) is 9.70. The molecule has 1 aromatic heterocycles. The van der Waals surface area contributed by atoms with Gasteiger partial charge in [-0.1, -0.05) is 6.92 Å². The van der Waals surface area contributed by atoms with Crippen molar-refractivity contribution < 1.29 is 0 Å². The van der Waals surface area contributed by atoms with E-state index in [2.05, 4.69) is 16.9 Å². The van der Waals surface area contributed by atoms with E-state index in [0.29, 0.717) is 5.69 Å². The van der Waals surface area contributed by atoms with Crippen LogP contribution in [0.3, 0.4) is 0 Å². The third-order valence-corrected chi connectivity index (χ3v) is 1.20. The van der Waals surface area contributed by atoms with Gasteiger partial charge in [0.2, 0.25) is 0 Å². The largest absolute Gasteiger partial charge is 0.396 e. The molecular formula is C7H11N3. The molecule has 2 N–H and O–H groups in total. The van der Waals surface area contributed by atoms with Crippen molar-refractivity contribution in [2.24, 2.45) is 0 Å². The predicted octanol–water partition coefficient (Wildman–Crippen LogP) is 1.01. The first-order chi connectivity index (χ1) is 4.83. The van der Waals surface area contributed by atoms with E-state index in [4.69, 9.17) is 5.73 Å². The summed E-state index contributed by atoms with van der Waals surface area (Å²) in [6.45, 7) is 2.10. The SMILES string of the molecule is CCCc1ncc(N)cn1. The van der Waals surface area contributed by atoms with Crippen LogP contribution in [0.4, 0.5) is 5.69 Å². The topological polar surface area (TPSA) is 51.8 Å². The molecule has 0 aromatic carbocycles. The molecule has 0 saturated carbocycles. The summed E-state index contributed by atoms with van der Waals surface area (Å²) in [5.41, 5.74) is 6.02. The van der Waals surface area contributed by atoms with Crippen molar-refractivity contribution >= 4 is 5.69 Å². The van der Waals surface area contributed by atoms with Crippen molar-refractivity contribution in [3.05, 3.63) is 18.2 Å². The average Bonchev–Trinajstić information content (AvgIpc) is 1.95. The fourth-order valence-corrected chi connectivity index (χ4v) is 0.717. The Hall–Kier alpha value is -1.12. The standard InChI is InChI=1S/C7H11N3/c1-2-3-7-9-4-6(8)5-10-7/h4-5H,2-3,8H2,1H3. The summed E-state index contributed by atoms with van der Waals surface area (Å²) in [6.07, 6.45) is 5.28. The van der Waals surface area contributed by atoms with Crippen LogP contribution < -0.4 is 5.73 Å². The van der Waals surface area contributed by atoms with Crippen molar-refractivity contribution in [2.75, 3.05) is 5.73 Å². The van der Waals surface area contributed by atoms with Crippen LogP contribution in [0.15, 0.2) is 12.4 Å². The average molecular weight is 137 g/mol. The Labute approximate surface area is 60.3 Å². The molecular weight excluding hydrogens is 126 g/mol.